The van der Waals surface area contributed by atoms with Gasteiger partial charge in [-0.3, -0.25) is 0 Å². The Morgan fingerprint density at radius 1 is 1.00 bits per heavy atom. The number of carbonyl (C=O) groups is 2. The van der Waals surface area contributed by atoms with Crippen molar-refractivity contribution in [3.63, 3.8) is 0 Å². The molecule has 1 aliphatic heterocycles. The maximum atomic E-state index is 12.9. The maximum Gasteiger partial charge on any atom is 0.338 e. The molecule has 0 aliphatic carbocycles. The number of benzene rings is 2. The molecular formula is C21H22N2O3. The van der Waals surface area contributed by atoms with E-state index in [2.05, 4.69) is 0 Å². The number of nitrogens with zero attached hydrogens (tertiary/aromatic N) is 2. The van der Waals surface area contributed by atoms with Crippen LogP contribution in [0, 0.1) is 0 Å². The molecule has 0 bridgehead atoms. The fourth-order valence-corrected chi connectivity index (χ4v) is 3.15. The van der Waals surface area contributed by atoms with Gasteiger partial charge in [-0.2, -0.15) is 0 Å². The standard InChI is InChI=1S/C21H22N2O3/c1-15-18(20(24)26-14-16-10-6-4-7-11-16)19(17-12-8-5-9-13-17)23(3)21(25)22(15)2/h4-13,19H,14H2,1-3H3. The monoisotopic (exact) mass is 350 g/mol. The minimum Gasteiger partial charge on any atom is -0.457 e. The van der Waals surface area contributed by atoms with Gasteiger partial charge in [0.1, 0.15) is 6.61 Å². The molecule has 3 rings (SSSR count). The van der Waals surface area contributed by atoms with Crippen molar-refractivity contribution in [2.24, 2.45) is 0 Å². The fraction of sp³-hybridized carbons (Fsp3) is 0.238. The number of amides is 2. The van der Waals surface area contributed by atoms with Gasteiger partial charge in [-0.1, -0.05) is 60.7 Å². The Hall–Kier alpha value is -3.08. The maximum absolute atomic E-state index is 12.9. The summed E-state index contributed by atoms with van der Waals surface area (Å²) in [5, 5.41) is 0. The third-order valence-corrected chi connectivity index (χ3v) is 4.69. The Balaban J connectivity index is 1.94. The molecule has 2 aromatic rings. The van der Waals surface area contributed by atoms with Crippen molar-refractivity contribution in [3.8, 4) is 0 Å². The largest absolute Gasteiger partial charge is 0.457 e. The van der Waals surface area contributed by atoms with Gasteiger partial charge in [0.2, 0.25) is 0 Å². The minimum atomic E-state index is -0.469. The smallest absolute Gasteiger partial charge is 0.338 e. The predicted octanol–water partition coefficient (Wildman–Crippen LogP) is 3.74. The van der Waals surface area contributed by atoms with E-state index in [1.165, 1.54) is 4.90 Å². The summed E-state index contributed by atoms with van der Waals surface area (Å²) in [5.74, 6) is -0.411. The summed E-state index contributed by atoms with van der Waals surface area (Å²) in [6.07, 6.45) is 0. The summed E-state index contributed by atoms with van der Waals surface area (Å²) >= 11 is 0. The normalized spacial score (nSPS) is 17.5. The lowest BCUT2D eigenvalue weighted by Crippen LogP contribution is -2.47. The lowest BCUT2D eigenvalue weighted by Gasteiger charge is -2.39. The topological polar surface area (TPSA) is 49.9 Å². The van der Waals surface area contributed by atoms with E-state index in [1.54, 1.807) is 25.9 Å². The molecule has 2 amide bonds. The van der Waals surface area contributed by atoms with Gasteiger partial charge in [-0.05, 0) is 18.1 Å². The number of rotatable bonds is 4. The highest BCUT2D eigenvalue weighted by Gasteiger charge is 2.39. The van der Waals surface area contributed by atoms with Gasteiger partial charge in [0.25, 0.3) is 0 Å². The first-order valence-corrected chi connectivity index (χ1v) is 8.48. The second kappa shape index (κ2) is 7.44. The van der Waals surface area contributed by atoms with E-state index in [1.807, 2.05) is 60.7 Å². The average molecular weight is 350 g/mol. The summed E-state index contributed by atoms with van der Waals surface area (Å²) < 4.78 is 5.56. The molecule has 26 heavy (non-hydrogen) atoms. The highest BCUT2D eigenvalue weighted by atomic mass is 16.5. The van der Waals surface area contributed by atoms with E-state index in [0.29, 0.717) is 11.3 Å². The molecule has 0 aromatic heterocycles. The van der Waals surface area contributed by atoms with E-state index in [0.717, 1.165) is 11.1 Å². The Morgan fingerprint density at radius 3 is 2.19 bits per heavy atom. The zero-order valence-corrected chi connectivity index (χ0v) is 15.2. The van der Waals surface area contributed by atoms with E-state index in [-0.39, 0.29) is 12.6 Å². The molecule has 0 fully saturated rings. The second-order valence-electron chi connectivity index (χ2n) is 6.33. The van der Waals surface area contributed by atoms with Gasteiger partial charge in [-0.15, -0.1) is 0 Å². The first kappa shape index (κ1) is 17.7. The SMILES string of the molecule is CC1=C(C(=O)OCc2ccccc2)C(c2ccccc2)N(C)C(=O)N1C. The van der Waals surface area contributed by atoms with Crippen LogP contribution >= 0.6 is 0 Å². The van der Waals surface area contributed by atoms with E-state index >= 15 is 0 Å². The van der Waals surface area contributed by atoms with Crippen LogP contribution in [0.4, 0.5) is 4.79 Å². The first-order valence-electron chi connectivity index (χ1n) is 8.48. The lowest BCUT2D eigenvalue weighted by molar-refractivity contribution is -0.141. The quantitative estimate of drug-likeness (QED) is 0.789. The summed E-state index contributed by atoms with van der Waals surface area (Å²) in [6, 6.07) is 18.4. The molecule has 5 heteroatoms. The van der Waals surface area contributed by atoms with Crippen molar-refractivity contribution in [2.45, 2.75) is 19.6 Å². The van der Waals surface area contributed by atoms with Gasteiger partial charge >= 0.3 is 12.0 Å². The Bertz CT molecular complexity index is 831. The van der Waals surface area contributed by atoms with Crippen molar-refractivity contribution >= 4 is 12.0 Å². The predicted molar refractivity (Wildman–Crippen MR) is 99.0 cm³/mol. The summed E-state index contributed by atoms with van der Waals surface area (Å²) in [5.41, 5.74) is 2.89. The van der Waals surface area contributed by atoms with Crippen LogP contribution in [0.3, 0.4) is 0 Å². The minimum absolute atomic E-state index is 0.157. The van der Waals surface area contributed by atoms with Crippen LogP contribution in [0.25, 0.3) is 0 Å². The number of hydrogen-bond donors (Lipinski definition) is 0. The molecule has 0 saturated carbocycles. The molecule has 134 valence electrons. The Morgan fingerprint density at radius 2 is 1.58 bits per heavy atom. The van der Waals surface area contributed by atoms with Crippen molar-refractivity contribution in [2.75, 3.05) is 14.1 Å². The third kappa shape index (κ3) is 3.33. The van der Waals surface area contributed by atoms with Crippen molar-refractivity contribution in [1.29, 1.82) is 0 Å². The van der Waals surface area contributed by atoms with Crippen LogP contribution < -0.4 is 0 Å². The van der Waals surface area contributed by atoms with Crippen LogP contribution in [-0.4, -0.2) is 35.9 Å². The van der Waals surface area contributed by atoms with Crippen LogP contribution in [0.1, 0.15) is 24.1 Å². The van der Waals surface area contributed by atoms with Crippen LogP contribution in [0.2, 0.25) is 0 Å². The number of hydrogen-bond acceptors (Lipinski definition) is 3. The fourth-order valence-electron chi connectivity index (χ4n) is 3.15. The molecule has 0 N–H and O–H groups in total. The van der Waals surface area contributed by atoms with Gasteiger partial charge in [0.15, 0.2) is 0 Å². The van der Waals surface area contributed by atoms with Gasteiger partial charge in [0.05, 0.1) is 11.6 Å². The molecular weight excluding hydrogens is 328 g/mol. The summed E-state index contributed by atoms with van der Waals surface area (Å²) in [7, 11) is 3.37. The molecule has 1 heterocycles. The molecule has 5 nitrogen and oxygen atoms in total. The van der Waals surface area contributed by atoms with Crippen molar-refractivity contribution in [3.05, 3.63) is 83.1 Å². The number of urea groups is 1. The van der Waals surface area contributed by atoms with E-state index in [4.69, 9.17) is 4.74 Å². The van der Waals surface area contributed by atoms with Crippen LogP contribution in [0.5, 0.6) is 0 Å². The number of ether oxygens (including phenoxy) is 1. The van der Waals surface area contributed by atoms with Gasteiger partial charge in [-0.25, -0.2) is 9.59 Å². The molecule has 1 atom stereocenters. The first-order chi connectivity index (χ1) is 12.5. The van der Waals surface area contributed by atoms with Crippen LogP contribution in [0.15, 0.2) is 71.9 Å². The molecule has 2 aromatic carbocycles. The Labute approximate surface area is 153 Å². The summed E-state index contributed by atoms with van der Waals surface area (Å²) in [4.78, 5) is 28.5. The van der Waals surface area contributed by atoms with E-state index in [9.17, 15) is 9.59 Å². The molecule has 1 aliphatic rings. The van der Waals surface area contributed by atoms with Crippen molar-refractivity contribution in [1.82, 2.24) is 9.80 Å². The second-order valence-corrected chi connectivity index (χ2v) is 6.33. The third-order valence-electron chi connectivity index (χ3n) is 4.69. The Kier molecular flexibility index (Phi) is 5.07. The van der Waals surface area contributed by atoms with Crippen molar-refractivity contribution < 1.29 is 14.3 Å². The van der Waals surface area contributed by atoms with Gasteiger partial charge in [0, 0.05) is 19.8 Å². The molecule has 0 saturated heterocycles. The van der Waals surface area contributed by atoms with Crippen LogP contribution in [-0.2, 0) is 16.1 Å². The molecule has 0 radical (unpaired) electrons. The number of allylic oxidation sites excluding steroid dienone is 1. The lowest BCUT2D eigenvalue weighted by atomic mass is 9.94. The number of likely N-dealkylation sites (N-methyl/N-ethyl adjacent to an activating group) is 1. The zero-order valence-electron chi connectivity index (χ0n) is 15.2. The molecule has 1 unspecified atom stereocenters. The zero-order chi connectivity index (χ0) is 18.7. The highest BCUT2D eigenvalue weighted by Crippen LogP contribution is 2.36. The van der Waals surface area contributed by atoms with Gasteiger partial charge < -0.3 is 14.5 Å². The number of carbonyl (C=O) groups excluding carboxylic acids is 2. The average Bonchev–Trinajstić information content (AvgIpc) is 2.68. The van der Waals surface area contributed by atoms with E-state index < -0.39 is 12.0 Å². The summed E-state index contributed by atoms with van der Waals surface area (Å²) in [6.45, 7) is 1.97. The highest BCUT2D eigenvalue weighted by molar-refractivity contribution is 5.94. The number of esters is 1. The molecule has 0 spiro atoms.